The Morgan fingerprint density at radius 1 is 1.03 bits per heavy atom. The van der Waals surface area contributed by atoms with Gasteiger partial charge in [0.25, 0.3) is 0 Å². The number of anilines is 1. The van der Waals surface area contributed by atoms with Gasteiger partial charge in [-0.3, -0.25) is 10.1 Å². The molecule has 0 aliphatic rings. The summed E-state index contributed by atoms with van der Waals surface area (Å²) in [6.45, 7) is 0.485. The highest BCUT2D eigenvalue weighted by Gasteiger charge is 2.08. The number of benzene rings is 3. The molecular formula is C23H18N4O3. The highest BCUT2D eigenvalue weighted by molar-refractivity contribution is 5.91. The Kier molecular flexibility index (Phi) is 5.34. The normalized spacial score (nSPS) is 11.1. The van der Waals surface area contributed by atoms with E-state index in [1.165, 1.54) is 0 Å². The van der Waals surface area contributed by atoms with Crippen LogP contribution < -0.4 is 5.32 Å². The first kappa shape index (κ1) is 19.1. The summed E-state index contributed by atoms with van der Waals surface area (Å²) in [4.78, 5) is 22.1. The van der Waals surface area contributed by atoms with Crippen molar-refractivity contribution in [2.45, 2.75) is 6.54 Å². The van der Waals surface area contributed by atoms with E-state index in [1.54, 1.807) is 22.9 Å². The first-order valence-corrected chi connectivity index (χ1v) is 9.28. The molecule has 1 amide bonds. The largest absolute Gasteiger partial charge is 0.465 e. The van der Waals surface area contributed by atoms with Crippen LogP contribution in [0.3, 0.4) is 0 Å². The van der Waals surface area contributed by atoms with Crippen LogP contribution in [-0.4, -0.2) is 32.5 Å². The number of carbonyl (C=O) groups excluding carboxylic acids is 1. The van der Waals surface area contributed by atoms with Crippen LogP contribution in [0.25, 0.3) is 28.2 Å². The molecule has 0 radical (unpaired) electrons. The summed E-state index contributed by atoms with van der Waals surface area (Å²) in [5, 5.41) is 19.9. The molecule has 0 bridgehead atoms. The quantitative estimate of drug-likeness (QED) is 0.458. The summed E-state index contributed by atoms with van der Waals surface area (Å²) in [7, 11) is 0. The fourth-order valence-corrected chi connectivity index (χ4v) is 3.24. The molecule has 7 heteroatoms. The number of nitrogens with one attached hydrogen (secondary N) is 1. The van der Waals surface area contributed by atoms with Crippen LogP contribution in [0.1, 0.15) is 15.9 Å². The van der Waals surface area contributed by atoms with Crippen LogP contribution in [0.5, 0.6) is 0 Å². The summed E-state index contributed by atoms with van der Waals surface area (Å²) < 4.78 is 1.73. The molecule has 1 heterocycles. The van der Waals surface area contributed by atoms with Gasteiger partial charge in [0.05, 0.1) is 17.7 Å². The SMILES string of the molecule is O=Cc1ccc2c(c1)nnn2CC=Cc1ccc(-c2ccccc2)c(NC(=O)O)c1. The lowest BCUT2D eigenvalue weighted by Gasteiger charge is -2.10. The van der Waals surface area contributed by atoms with E-state index in [1.807, 2.05) is 60.7 Å². The van der Waals surface area contributed by atoms with Crippen LogP contribution in [0.4, 0.5) is 10.5 Å². The fourth-order valence-electron chi connectivity index (χ4n) is 3.24. The number of carbonyl (C=O) groups is 2. The third-order valence-corrected chi connectivity index (χ3v) is 4.63. The van der Waals surface area contributed by atoms with Gasteiger partial charge in [-0.05, 0) is 35.4 Å². The molecule has 0 saturated heterocycles. The molecule has 0 atom stereocenters. The van der Waals surface area contributed by atoms with Gasteiger partial charge in [0.1, 0.15) is 11.8 Å². The van der Waals surface area contributed by atoms with Crippen LogP contribution in [0.15, 0.2) is 72.8 Å². The van der Waals surface area contributed by atoms with Crippen LogP contribution in [0, 0.1) is 0 Å². The Hall–Kier alpha value is -4.26. The maximum absolute atomic E-state index is 11.2. The molecule has 148 valence electrons. The highest BCUT2D eigenvalue weighted by atomic mass is 16.4. The molecule has 0 saturated carbocycles. The number of hydrogen-bond donors (Lipinski definition) is 2. The zero-order valence-corrected chi connectivity index (χ0v) is 15.9. The van der Waals surface area contributed by atoms with Gasteiger partial charge in [-0.1, -0.05) is 59.8 Å². The van der Waals surface area contributed by atoms with Gasteiger partial charge >= 0.3 is 6.09 Å². The Bertz CT molecular complexity index is 1250. The van der Waals surface area contributed by atoms with E-state index in [0.717, 1.165) is 28.5 Å². The van der Waals surface area contributed by atoms with Crippen molar-refractivity contribution in [1.82, 2.24) is 15.0 Å². The average Bonchev–Trinajstić information content (AvgIpc) is 3.16. The number of allylic oxidation sites excluding steroid dienone is 1. The maximum Gasteiger partial charge on any atom is 0.409 e. The smallest absolute Gasteiger partial charge is 0.409 e. The Morgan fingerprint density at radius 2 is 1.83 bits per heavy atom. The summed E-state index contributed by atoms with van der Waals surface area (Å²) in [6.07, 6.45) is 3.48. The lowest BCUT2D eigenvalue weighted by molar-refractivity contribution is 0.112. The van der Waals surface area contributed by atoms with E-state index < -0.39 is 6.09 Å². The van der Waals surface area contributed by atoms with Crippen molar-refractivity contribution in [3.63, 3.8) is 0 Å². The molecule has 7 nitrogen and oxygen atoms in total. The van der Waals surface area contributed by atoms with Crippen LogP contribution in [0.2, 0.25) is 0 Å². The molecule has 4 aromatic rings. The van der Waals surface area contributed by atoms with Crippen molar-refractivity contribution in [3.05, 3.63) is 83.9 Å². The molecule has 4 rings (SSSR count). The zero-order valence-electron chi connectivity index (χ0n) is 15.9. The van der Waals surface area contributed by atoms with Crippen molar-refractivity contribution in [3.8, 4) is 11.1 Å². The topological polar surface area (TPSA) is 97.1 Å². The predicted octanol–water partition coefficient (Wildman–Crippen LogP) is 4.71. The van der Waals surface area contributed by atoms with Gasteiger partial charge in [-0.25, -0.2) is 9.48 Å². The minimum atomic E-state index is -1.11. The summed E-state index contributed by atoms with van der Waals surface area (Å²) in [5.41, 5.74) is 5.16. The second-order valence-corrected chi connectivity index (χ2v) is 6.64. The molecule has 0 aliphatic heterocycles. The van der Waals surface area contributed by atoms with Crippen molar-refractivity contribution in [1.29, 1.82) is 0 Å². The van der Waals surface area contributed by atoms with Crippen molar-refractivity contribution < 1.29 is 14.7 Å². The predicted molar refractivity (Wildman–Crippen MR) is 115 cm³/mol. The van der Waals surface area contributed by atoms with Gasteiger partial charge in [0.15, 0.2) is 0 Å². The summed E-state index contributed by atoms with van der Waals surface area (Å²) in [5.74, 6) is 0. The van der Waals surface area contributed by atoms with Gasteiger partial charge in [0.2, 0.25) is 0 Å². The van der Waals surface area contributed by atoms with E-state index in [2.05, 4.69) is 15.6 Å². The first-order valence-electron chi connectivity index (χ1n) is 9.28. The van der Waals surface area contributed by atoms with E-state index in [-0.39, 0.29) is 0 Å². The molecule has 0 aliphatic carbocycles. The first-order chi connectivity index (χ1) is 14.6. The molecule has 0 unspecified atom stereocenters. The highest BCUT2D eigenvalue weighted by Crippen LogP contribution is 2.29. The minimum Gasteiger partial charge on any atom is -0.465 e. The number of nitrogens with zero attached hydrogens (tertiary/aromatic N) is 3. The van der Waals surface area contributed by atoms with Crippen molar-refractivity contribution in [2.75, 3.05) is 5.32 Å². The molecule has 3 aromatic carbocycles. The number of aromatic nitrogens is 3. The second kappa shape index (κ2) is 8.40. The molecule has 1 aromatic heterocycles. The monoisotopic (exact) mass is 398 g/mol. The number of carboxylic acid groups (broad SMARTS) is 1. The number of amides is 1. The number of aldehydes is 1. The van der Waals surface area contributed by atoms with Gasteiger partial charge in [-0.15, -0.1) is 5.10 Å². The molecule has 30 heavy (non-hydrogen) atoms. The van der Waals surface area contributed by atoms with E-state index in [0.29, 0.717) is 23.3 Å². The maximum atomic E-state index is 11.2. The minimum absolute atomic E-state index is 0.485. The lowest BCUT2D eigenvalue weighted by Crippen LogP contribution is -2.08. The van der Waals surface area contributed by atoms with E-state index in [4.69, 9.17) is 0 Å². The fraction of sp³-hybridized carbons (Fsp3) is 0.0435. The average molecular weight is 398 g/mol. The Morgan fingerprint density at radius 3 is 2.60 bits per heavy atom. The number of fused-ring (bicyclic) bond motifs is 1. The van der Waals surface area contributed by atoms with Crippen LogP contribution in [-0.2, 0) is 6.54 Å². The zero-order chi connectivity index (χ0) is 20.9. The third-order valence-electron chi connectivity index (χ3n) is 4.63. The molecule has 0 spiro atoms. The molecule has 0 fully saturated rings. The van der Waals surface area contributed by atoms with Crippen LogP contribution >= 0.6 is 0 Å². The van der Waals surface area contributed by atoms with Gasteiger partial charge < -0.3 is 5.11 Å². The lowest BCUT2D eigenvalue weighted by atomic mass is 10.0. The van der Waals surface area contributed by atoms with Gasteiger partial charge in [-0.2, -0.15) is 0 Å². The second-order valence-electron chi connectivity index (χ2n) is 6.64. The Balaban J connectivity index is 1.58. The summed E-state index contributed by atoms with van der Waals surface area (Å²) in [6, 6.07) is 20.5. The van der Waals surface area contributed by atoms with E-state index >= 15 is 0 Å². The number of rotatable bonds is 6. The third kappa shape index (κ3) is 4.10. The Labute approximate surface area is 172 Å². The summed E-state index contributed by atoms with van der Waals surface area (Å²) >= 11 is 0. The standard InChI is InChI=1S/C23H18N4O3/c28-15-17-9-11-22-21(14-17)25-26-27(22)12-4-5-16-8-10-19(18-6-2-1-3-7-18)20(13-16)24-23(29)30/h1-11,13-15,24H,12H2,(H,29,30). The van der Waals surface area contributed by atoms with Crippen molar-refractivity contribution >= 4 is 35.2 Å². The molecule has 2 N–H and O–H groups in total. The van der Waals surface area contributed by atoms with E-state index in [9.17, 15) is 14.7 Å². The molecular weight excluding hydrogens is 380 g/mol. The van der Waals surface area contributed by atoms with Crippen molar-refractivity contribution in [2.24, 2.45) is 0 Å². The number of hydrogen-bond acceptors (Lipinski definition) is 4. The van der Waals surface area contributed by atoms with Gasteiger partial charge in [0, 0.05) is 11.1 Å².